The second kappa shape index (κ2) is 8.34. The first-order valence-electron chi connectivity index (χ1n) is 11.3. The van der Waals surface area contributed by atoms with Crippen LogP contribution in [-0.2, 0) is 22.4 Å². The summed E-state index contributed by atoms with van der Waals surface area (Å²) in [6.45, 7) is 0.539. The molecule has 12 heteroatoms. The van der Waals surface area contributed by atoms with E-state index < -0.39 is 6.04 Å². The maximum absolute atomic E-state index is 13.1. The molecule has 11 nitrogen and oxygen atoms in total. The molecule has 2 unspecified atom stereocenters. The van der Waals surface area contributed by atoms with Crippen molar-refractivity contribution in [2.45, 2.75) is 56.6 Å². The molecule has 3 N–H and O–H groups in total. The minimum absolute atomic E-state index is 0.0872. The Kier molecular flexibility index (Phi) is 5.18. The third-order valence-electron chi connectivity index (χ3n) is 6.53. The standard InChI is InChI=1S/C21H25N9O2S/c1-32-12-7-16(19(31)27-21-22-10-23-33-21)30(9-12)20-24-14-4-2-3-13(14)18(26-20)25-17-8-15(28-29-17)11-5-6-11/h8,10-12,16H,2-7,9H2,1H3,(H,22,23,27,31)(H2,24,25,26,28,29). The average Bonchev–Trinajstić information content (AvgIpc) is 3.28. The second-order valence-corrected chi connectivity index (χ2v) is 9.54. The summed E-state index contributed by atoms with van der Waals surface area (Å²) < 4.78 is 9.55. The van der Waals surface area contributed by atoms with Crippen molar-refractivity contribution in [2.75, 3.05) is 29.2 Å². The van der Waals surface area contributed by atoms with Gasteiger partial charge in [0, 0.05) is 54.8 Å². The molecular weight excluding hydrogens is 442 g/mol. The van der Waals surface area contributed by atoms with Gasteiger partial charge in [0.1, 0.15) is 18.2 Å². The van der Waals surface area contributed by atoms with E-state index in [1.54, 1.807) is 7.11 Å². The van der Waals surface area contributed by atoms with Crippen molar-refractivity contribution in [2.24, 2.45) is 0 Å². The molecule has 0 aromatic carbocycles. The quantitative estimate of drug-likeness (QED) is 0.479. The lowest BCUT2D eigenvalue weighted by molar-refractivity contribution is -0.117. The number of carbonyl (C=O) groups is 1. The average molecular weight is 468 g/mol. The number of aromatic amines is 1. The Bertz CT molecular complexity index is 1160. The van der Waals surface area contributed by atoms with E-state index in [0.717, 1.165) is 53.7 Å². The Morgan fingerprint density at radius 1 is 1.30 bits per heavy atom. The summed E-state index contributed by atoms with van der Waals surface area (Å²) in [5, 5.41) is 14.3. The fourth-order valence-corrected chi connectivity index (χ4v) is 5.07. The van der Waals surface area contributed by atoms with E-state index in [1.807, 2.05) is 4.90 Å². The number of amides is 1. The van der Waals surface area contributed by atoms with E-state index in [1.165, 1.54) is 24.9 Å². The molecule has 0 radical (unpaired) electrons. The maximum atomic E-state index is 13.1. The first-order valence-corrected chi connectivity index (χ1v) is 12.0. The van der Waals surface area contributed by atoms with Gasteiger partial charge in [-0.25, -0.2) is 9.97 Å². The first kappa shape index (κ1) is 20.5. The number of H-pyrrole nitrogens is 1. The number of nitrogens with zero attached hydrogens (tertiary/aromatic N) is 6. The van der Waals surface area contributed by atoms with Crippen molar-refractivity contribution >= 4 is 40.2 Å². The van der Waals surface area contributed by atoms with Gasteiger partial charge in [-0.05, 0) is 32.1 Å². The zero-order valence-corrected chi connectivity index (χ0v) is 19.1. The SMILES string of the molecule is COC1CC(C(=O)Nc2ncns2)N(c2nc3c(c(Nc4cc(C5CC5)[nH]n4)n2)CCC3)C1. The Balaban J connectivity index is 1.30. The molecule has 0 bridgehead atoms. The van der Waals surface area contributed by atoms with Crippen LogP contribution in [0.1, 0.15) is 48.6 Å². The molecule has 2 aliphatic carbocycles. The van der Waals surface area contributed by atoms with Crippen LogP contribution >= 0.6 is 11.5 Å². The Morgan fingerprint density at radius 2 is 2.21 bits per heavy atom. The van der Waals surface area contributed by atoms with Gasteiger partial charge in [-0.2, -0.15) is 14.5 Å². The summed E-state index contributed by atoms with van der Waals surface area (Å²) in [6.07, 6.45) is 7.18. The van der Waals surface area contributed by atoms with Gasteiger partial charge < -0.3 is 15.0 Å². The van der Waals surface area contributed by atoms with Crippen LogP contribution in [0, 0.1) is 0 Å². The fraction of sp³-hybridized carbons (Fsp3) is 0.524. The molecule has 2 fully saturated rings. The number of rotatable bonds is 7. The van der Waals surface area contributed by atoms with Crippen LogP contribution in [0.2, 0.25) is 0 Å². The molecule has 1 saturated carbocycles. The minimum atomic E-state index is -0.460. The Hall–Kier alpha value is -3.12. The molecule has 3 aromatic rings. The normalized spacial score (nSPS) is 21.9. The van der Waals surface area contributed by atoms with Crippen molar-refractivity contribution in [3.63, 3.8) is 0 Å². The fourth-order valence-electron chi connectivity index (χ4n) is 4.63. The topological polar surface area (TPSA) is 134 Å². The van der Waals surface area contributed by atoms with Gasteiger partial charge >= 0.3 is 0 Å². The number of aryl methyl sites for hydroxylation is 1. The molecule has 1 saturated heterocycles. The minimum Gasteiger partial charge on any atom is -0.380 e. The van der Waals surface area contributed by atoms with Crippen molar-refractivity contribution in [3.8, 4) is 0 Å². The zero-order valence-electron chi connectivity index (χ0n) is 18.2. The van der Waals surface area contributed by atoms with E-state index in [2.05, 4.69) is 36.3 Å². The third kappa shape index (κ3) is 4.04. The smallest absolute Gasteiger partial charge is 0.249 e. The molecule has 33 heavy (non-hydrogen) atoms. The number of hydrogen-bond donors (Lipinski definition) is 3. The van der Waals surface area contributed by atoms with Gasteiger partial charge in [0.05, 0.1) is 11.8 Å². The van der Waals surface area contributed by atoms with Crippen LogP contribution in [-0.4, -0.2) is 61.2 Å². The molecule has 2 atom stereocenters. The predicted octanol–water partition coefficient (Wildman–Crippen LogP) is 2.39. The molecule has 1 aliphatic heterocycles. The van der Waals surface area contributed by atoms with E-state index in [9.17, 15) is 4.79 Å². The van der Waals surface area contributed by atoms with Crippen molar-refractivity contribution in [3.05, 3.63) is 29.3 Å². The number of ether oxygens (including phenoxy) is 1. The highest BCUT2D eigenvalue weighted by atomic mass is 32.1. The van der Waals surface area contributed by atoms with Gasteiger partial charge in [-0.1, -0.05) is 0 Å². The van der Waals surface area contributed by atoms with Gasteiger partial charge in [-0.3, -0.25) is 15.2 Å². The number of anilines is 4. The van der Waals surface area contributed by atoms with Crippen molar-refractivity contribution in [1.29, 1.82) is 0 Å². The highest BCUT2D eigenvalue weighted by Crippen LogP contribution is 2.40. The van der Waals surface area contributed by atoms with Crippen LogP contribution in [0.3, 0.4) is 0 Å². The van der Waals surface area contributed by atoms with Gasteiger partial charge in [0.2, 0.25) is 17.0 Å². The van der Waals surface area contributed by atoms with Gasteiger partial charge in [0.25, 0.3) is 0 Å². The number of fused-ring (bicyclic) bond motifs is 1. The lowest BCUT2D eigenvalue weighted by Gasteiger charge is -2.24. The van der Waals surface area contributed by atoms with E-state index in [0.29, 0.717) is 30.0 Å². The Labute approximate surface area is 194 Å². The predicted molar refractivity (Wildman–Crippen MR) is 123 cm³/mol. The maximum Gasteiger partial charge on any atom is 0.249 e. The van der Waals surface area contributed by atoms with Crippen molar-refractivity contribution < 1.29 is 9.53 Å². The summed E-state index contributed by atoms with van der Waals surface area (Å²) in [6, 6.07) is 1.61. The molecule has 0 spiro atoms. The van der Waals surface area contributed by atoms with Crippen LogP contribution in [0.4, 0.5) is 22.7 Å². The summed E-state index contributed by atoms with van der Waals surface area (Å²) >= 11 is 1.15. The van der Waals surface area contributed by atoms with E-state index in [-0.39, 0.29) is 12.0 Å². The van der Waals surface area contributed by atoms with Crippen LogP contribution in [0.25, 0.3) is 0 Å². The molecule has 3 aliphatic rings. The zero-order chi connectivity index (χ0) is 22.4. The first-order chi connectivity index (χ1) is 16.2. The number of nitrogens with one attached hydrogen (secondary N) is 3. The molecule has 172 valence electrons. The molecule has 1 amide bonds. The van der Waals surface area contributed by atoms with Crippen LogP contribution in [0.5, 0.6) is 0 Å². The highest BCUT2D eigenvalue weighted by molar-refractivity contribution is 7.09. The largest absolute Gasteiger partial charge is 0.380 e. The number of carbonyl (C=O) groups excluding carboxylic acids is 1. The highest BCUT2D eigenvalue weighted by Gasteiger charge is 2.39. The van der Waals surface area contributed by atoms with Gasteiger partial charge in [-0.15, -0.1) is 0 Å². The Morgan fingerprint density at radius 3 is 3.00 bits per heavy atom. The van der Waals surface area contributed by atoms with Crippen LogP contribution < -0.4 is 15.5 Å². The summed E-state index contributed by atoms with van der Waals surface area (Å²) in [5.41, 5.74) is 3.33. The molecule has 6 rings (SSSR count). The number of aromatic nitrogens is 6. The summed E-state index contributed by atoms with van der Waals surface area (Å²) in [7, 11) is 1.67. The summed E-state index contributed by atoms with van der Waals surface area (Å²) in [4.78, 5) is 28.8. The molecule has 3 aromatic heterocycles. The van der Waals surface area contributed by atoms with Crippen molar-refractivity contribution in [1.82, 2.24) is 29.5 Å². The lowest BCUT2D eigenvalue weighted by atomic mass is 10.2. The monoisotopic (exact) mass is 467 g/mol. The summed E-state index contributed by atoms with van der Waals surface area (Å²) in [5.74, 6) is 2.50. The molecule has 4 heterocycles. The number of hydrogen-bond acceptors (Lipinski definition) is 10. The third-order valence-corrected chi connectivity index (χ3v) is 7.11. The van der Waals surface area contributed by atoms with E-state index >= 15 is 0 Å². The number of methoxy groups -OCH3 is 1. The second-order valence-electron chi connectivity index (χ2n) is 8.76. The van der Waals surface area contributed by atoms with E-state index in [4.69, 9.17) is 14.7 Å². The van der Waals surface area contributed by atoms with Crippen LogP contribution in [0.15, 0.2) is 12.4 Å². The molecular formula is C21H25N9O2S. The van der Waals surface area contributed by atoms with Gasteiger partial charge in [0.15, 0.2) is 5.82 Å². The lowest BCUT2D eigenvalue weighted by Crippen LogP contribution is -2.40.